The number of hydrogen-bond acceptors (Lipinski definition) is 5. The summed E-state index contributed by atoms with van der Waals surface area (Å²) >= 11 is 0. The van der Waals surface area contributed by atoms with Gasteiger partial charge in [-0.3, -0.25) is 5.32 Å². The van der Waals surface area contributed by atoms with Crippen molar-refractivity contribution in [2.75, 3.05) is 0 Å². The summed E-state index contributed by atoms with van der Waals surface area (Å²) in [5.74, 6) is 0. The summed E-state index contributed by atoms with van der Waals surface area (Å²) in [5.41, 5.74) is -2.29. The molecule has 0 aromatic carbocycles. The molecule has 0 aromatic rings. The third kappa shape index (κ3) is 6.46. The van der Waals surface area contributed by atoms with Crippen molar-refractivity contribution in [1.82, 2.24) is 5.32 Å². The molecule has 0 saturated heterocycles. The van der Waals surface area contributed by atoms with Crippen LogP contribution < -0.4 is 15.1 Å². The molecule has 0 spiro atoms. The molecular weight excluding hydrogens is 292 g/mol. The Kier molecular flexibility index (Phi) is 8.15. The van der Waals surface area contributed by atoms with Gasteiger partial charge in [-0.2, -0.15) is 0 Å². The van der Waals surface area contributed by atoms with Crippen LogP contribution in [0.15, 0.2) is 0 Å². The second kappa shape index (κ2) is 7.71. The van der Waals surface area contributed by atoms with E-state index in [9.17, 15) is 18.9 Å². The summed E-state index contributed by atoms with van der Waals surface area (Å²) in [6.45, 7) is 0. The molecule has 7 nitrogen and oxygen atoms in total. The number of hydrogen-bond donors (Lipinski definition) is 3. The van der Waals surface area contributed by atoms with Crippen LogP contribution in [-0.4, -0.2) is 44.4 Å². The van der Waals surface area contributed by atoms with E-state index < -0.39 is 20.7 Å². The second-order valence-corrected chi connectivity index (χ2v) is 8.05. The second-order valence-electron chi connectivity index (χ2n) is 4.36. The third-order valence-electron chi connectivity index (χ3n) is 2.86. The normalized spacial score (nSPS) is 26.2. The average Bonchev–Trinajstić information content (AvgIpc) is 2.38. The van der Waals surface area contributed by atoms with E-state index >= 15 is 0 Å². The maximum absolute atomic E-state index is 10.9. The smallest absolute Gasteiger partial charge is 0.777 e. The molecule has 2 unspecified atom stereocenters. The van der Waals surface area contributed by atoms with E-state index in [1.54, 1.807) is 0 Å². The quantitative estimate of drug-likeness (QED) is 0.355. The zero-order chi connectivity index (χ0) is 13.1. The van der Waals surface area contributed by atoms with Gasteiger partial charge < -0.3 is 28.7 Å². The van der Waals surface area contributed by atoms with Gasteiger partial charge >= 0.3 is 23.1 Å². The van der Waals surface area contributed by atoms with Crippen molar-refractivity contribution in [3.8, 4) is 0 Å². The molecule has 3 N–H and O–H groups in total. The molecule has 0 bridgehead atoms. The Morgan fingerprint density at radius 2 is 1.39 bits per heavy atom. The maximum atomic E-state index is 10.9. The Balaban J connectivity index is 0.00000289. The summed E-state index contributed by atoms with van der Waals surface area (Å²) in [5, 5.41) is 2.32. The van der Waals surface area contributed by atoms with Crippen molar-refractivity contribution in [2.24, 2.45) is 0 Å². The molecule has 0 amide bonds. The van der Waals surface area contributed by atoms with E-state index in [0.29, 0.717) is 12.8 Å². The van der Waals surface area contributed by atoms with Crippen LogP contribution in [0.3, 0.4) is 0 Å². The van der Waals surface area contributed by atoms with Crippen molar-refractivity contribution in [2.45, 2.75) is 50.1 Å². The molecule has 1 aliphatic rings. The summed E-state index contributed by atoms with van der Waals surface area (Å²) in [6.07, 6.45) is 5.05. The Morgan fingerprint density at radius 1 is 1.00 bits per heavy atom. The molecule has 2 atom stereocenters. The minimum absolute atomic E-state index is 0. The van der Waals surface area contributed by atoms with Crippen molar-refractivity contribution in [3.05, 3.63) is 0 Å². The third-order valence-corrected chi connectivity index (χ3v) is 6.14. The molecule has 0 radical (unpaired) electrons. The van der Waals surface area contributed by atoms with Gasteiger partial charge in [-0.25, -0.2) is 0 Å². The number of rotatable bonds is 4. The van der Waals surface area contributed by atoms with E-state index in [-0.39, 0.29) is 29.1 Å². The largest absolute Gasteiger partial charge is 2.00 e. The predicted octanol–water partition coefficient (Wildman–Crippen LogP) is -0.707. The molecule has 102 valence electrons. The molecule has 0 aliphatic heterocycles. The molecule has 0 heterocycles. The van der Waals surface area contributed by atoms with Gasteiger partial charge in [0, 0.05) is 6.04 Å². The molecular formula is C8H17MgNO6P2. The molecule has 18 heavy (non-hydrogen) atoms. The molecule has 0 aromatic heterocycles. The van der Waals surface area contributed by atoms with Crippen LogP contribution in [0.4, 0.5) is 0 Å². The Hall–Kier alpha value is 1.03. The van der Waals surface area contributed by atoms with Crippen LogP contribution in [0.25, 0.3) is 0 Å². The predicted molar refractivity (Wildman–Crippen MR) is 63.8 cm³/mol. The van der Waals surface area contributed by atoms with E-state index in [0.717, 1.165) is 25.7 Å². The summed E-state index contributed by atoms with van der Waals surface area (Å²) in [6, 6.07) is -0.314. The van der Waals surface area contributed by atoms with Crippen LogP contribution in [0.2, 0.25) is 0 Å². The Morgan fingerprint density at radius 3 is 1.72 bits per heavy atom. The molecule has 1 saturated carbocycles. The SMILES string of the molecule is O=P([O-])(O)C(NC1CCCCCC1)P(=O)([O-])O.[Mg+2]. The van der Waals surface area contributed by atoms with Crippen molar-refractivity contribution < 1.29 is 28.7 Å². The van der Waals surface area contributed by atoms with Gasteiger partial charge in [-0.15, -0.1) is 0 Å². The minimum atomic E-state index is -5.16. The molecule has 1 fully saturated rings. The van der Waals surface area contributed by atoms with E-state index in [1.165, 1.54) is 0 Å². The van der Waals surface area contributed by atoms with Gasteiger partial charge in [-0.1, -0.05) is 25.7 Å². The fraction of sp³-hybridized carbons (Fsp3) is 1.00. The number of nitrogens with one attached hydrogen (secondary N) is 1. The zero-order valence-corrected chi connectivity index (χ0v) is 13.2. The van der Waals surface area contributed by atoms with Crippen molar-refractivity contribution in [1.29, 1.82) is 0 Å². The van der Waals surface area contributed by atoms with Crippen LogP contribution in [0.1, 0.15) is 38.5 Å². The van der Waals surface area contributed by atoms with Crippen LogP contribution in [0, 0.1) is 0 Å². The maximum Gasteiger partial charge on any atom is 2.00 e. The first-order chi connectivity index (χ1) is 7.71. The monoisotopic (exact) mass is 309 g/mol. The Labute approximate surface area is 122 Å². The first-order valence-electron chi connectivity index (χ1n) is 5.54. The summed E-state index contributed by atoms with van der Waals surface area (Å²) in [7, 11) is -10.3. The van der Waals surface area contributed by atoms with E-state index in [2.05, 4.69) is 5.32 Å². The van der Waals surface area contributed by atoms with Gasteiger partial charge in [0.05, 0.1) is 0 Å². The van der Waals surface area contributed by atoms with Gasteiger partial charge in [0.1, 0.15) is 5.52 Å². The molecule has 1 aliphatic carbocycles. The van der Waals surface area contributed by atoms with Crippen LogP contribution in [-0.2, 0) is 9.13 Å². The topological polar surface area (TPSA) is 133 Å². The average molecular weight is 309 g/mol. The van der Waals surface area contributed by atoms with Gasteiger partial charge in [0.25, 0.3) is 0 Å². The van der Waals surface area contributed by atoms with Crippen molar-refractivity contribution >= 4 is 38.2 Å². The van der Waals surface area contributed by atoms with Gasteiger partial charge in [-0.05, 0) is 12.8 Å². The first-order valence-corrected chi connectivity index (χ1v) is 8.83. The summed E-state index contributed by atoms with van der Waals surface area (Å²) in [4.78, 5) is 39.5. The fourth-order valence-corrected chi connectivity index (χ4v) is 4.30. The summed E-state index contributed by atoms with van der Waals surface area (Å²) < 4.78 is 21.9. The zero-order valence-electron chi connectivity index (χ0n) is 10.0. The van der Waals surface area contributed by atoms with Crippen LogP contribution in [0.5, 0.6) is 0 Å². The van der Waals surface area contributed by atoms with E-state index in [1.807, 2.05) is 0 Å². The standard InChI is InChI=1S/C8H19NO6P2.Mg/c10-16(11,12)8(17(13,14)15)9-7-5-3-1-2-4-6-7;/h7-9H,1-6H2,(H2,10,11,12)(H2,13,14,15);/q;+2/p-2. The van der Waals surface area contributed by atoms with Gasteiger partial charge in [0.2, 0.25) is 0 Å². The first kappa shape index (κ1) is 19.0. The molecule has 1 rings (SSSR count). The van der Waals surface area contributed by atoms with E-state index in [4.69, 9.17) is 9.79 Å². The van der Waals surface area contributed by atoms with Crippen LogP contribution >= 0.6 is 15.2 Å². The Bertz CT molecular complexity index is 312. The minimum Gasteiger partial charge on any atom is -0.777 e. The molecule has 10 heteroatoms. The fourth-order valence-electron chi connectivity index (χ4n) is 2.03. The van der Waals surface area contributed by atoms with Gasteiger partial charge in [0.15, 0.2) is 15.2 Å². The van der Waals surface area contributed by atoms with Crippen molar-refractivity contribution in [3.63, 3.8) is 0 Å².